The first-order valence-electron chi connectivity index (χ1n) is 11.4. The van der Waals surface area contributed by atoms with E-state index in [4.69, 9.17) is 18.9 Å². The molecule has 0 aromatic carbocycles. The molecule has 0 spiro atoms. The van der Waals surface area contributed by atoms with Gasteiger partial charge in [-0.15, -0.1) is 0 Å². The van der Waals surface area contributed by atoms with Crippen LogP contribution in [0.3, 0.4) is 0 Å². The van der Waals surface area contributed by atoms with Gasteiger partial charge in [-0.25, -0.2) is 14.4 Å². The molecule has 0 aliphatic rings. The first kappa shape index (κ1) is 55.8. The lowest BCUT2D eigenvalue weighted by Gasteiger charge is -2.16. The minimum atomic E-state index is -1.22. The molecule has 44 heavy (non-hydrogen) atoms. The minimum Gasteiger partial charge on any atom is -0.427 e. The molecule has 0 heterocycles. The maximum absolute atomic E-state index is 12.0. The Labute approximate surface area is 263 Å². The largest absolute Gasteiger partial charge is 0.427 e. The molecule has 0 fully saturated rings. The fourth-order valence-electron chi connectivity index (χ4n) is 2.34. The predicted octanol–water partition coefficient (Wildman–Crippen LogP) is 1.38. The van der Waals surface area contributed by atoms with Crippen molar-refractivity contribution in [2.75, 3.05) is 20.6 Å². The maximum atomic E-state index is 12.0. The second-order valence-corrected chi connectivity index (χ2v) is 8.02. The molecule has 262 valence electrons. The van der Waals surface area contributed by atoms with Gasteiger partial charge in [-0.3, -0.25) is 24.0 Å². The van der Waals surface area contributed by atoms with Crippen molar-refractivity contribution >= 4 is 47.4 Å². The van der Waals surface area contributed by atoms with Crippen molar-refractivity contribution < 1.29 is 57.3 Å². The number of carbonyl (C=O) groups is 8. The summed E-state index contributed by atoms with van der Waals surface area (Å²) in [5, 5.41) is 9.29. The molecule has 16 nitrogen and oxygen atoms in total. The molecule has 0 saturated carbocycles. The number of likely N-dealkylation sites (N-methyl/N-ethyl adjacent to an activating group) is 1. The highest BCUT2D eigenvalue weighted by Gasteiger charge is 2.23. The summed E-state index contributed by atoms with van der Waals surface area (Å²) in [4.78, 5) is 93.4. The zero-order valence-corrected chi connectivity index (χ0v) is 22.0. The topological polar surface area (TPSA) is 222 Å². The quantitative estimate of drug-likeness (QED) is 0.106. The van der Waals surface area contributed by atoms with Crippen molar-refractivity contribution in [2.24, 2.45) is 0 Å². The fourth-order valence-corrected chi connectivity index (χ4v) is 2.34. The number of Topliss-reactive ketones (excluding diaryl/α,β-unsaturated/α-hetero) is 1. The van der Waals surface area contributed by atoms with E-state index in [9.17, 15) is 38.4 Å². The number of carbonyl (C=O) groups excluding carboxylic acids is 8. The maximum Gasteiger partial charge on any atom is 0.331 e. The van der Waals surface area contributed by atoms with Gasteiger partial charge in [-0.05, 0) is 41.7 Å². The van der Waals surface area contributed by atoms with Crippen LogP contribution < -0.4 is 21.3 Å². The highest BCUT2D eigenvalue weighted by atomic mass is 16.7. The van der Waals surface area contributed by atoms with Gasteiger partial charge in [-0.1, -0.05) is 44.6 Å². The van der Waals surface area contributed by atoms with E-state index in [2.05, 4.69) is 21.3 Å². The third-order valence-corrected chi connectivity index (χ3v) is 4.52. The van der Waals surface area contributed by atoms with Crippen LogP contribution in [0.5, 0.6) is 0 Å². The van der Waals surface area contributed by atoms with Gasteiger partial charge in [-0.2, -0.15) is 0 Å². The number of nitrogens with one attached hydrogen (secondary N) is 4. The number of ether oxygens (including phenoxy) is 4. The summed E-state index contributed by atoms with van der Waals surface area (Å²) in [6, 6.07) is -4.10. The van der Waals surface area contributed by atoms with E-state index in [0.29, 0.717) is 0 Å². The average Bonchev–Trinajstić information content (AvgIpc) is 2.81. The first-order valence-corrected chi connectivity index (χ1v) is 11.4. The van der Waals surface area contributed by atoms with Crippen molar-refractivity contribution in [3.05, 3.63) is 0 Å². The molecule has 0 bridgehead atoms. The van der Waals surface area contributed by atoms with Crippen LogP contribution in [0.25, 0.3) is 0 Å². The number of esters is 4. The molecule has 0 aromatic heterocycles. The van der Waals surface area contributed by atoms with Crippen LogP contribution in [0.2, 0.25) is 0 Å². The molecule has 0 saturated heterocycles. The molecule has 3 amide bonds. The van der Waals surface area contributed by atoms with Crippen molar-refractivity contribution in [1.82, 2.24) is 21.3 Å². The lowest BCUT2D eigenvalue weighted by atomic mass is 10.2. The van der Waals surface area contributed by atoms with Crippen molar-refractivity contribution in [1.29, 1.82) is 0 Å². The number of hydrogen-bond donors (Lipinski definition) is 4. The van der Waals surface area contributed by atoms with E-state index < -0.39 is 98.0 Å². The highest BCUT2D eigenvalue weighted by molar-refractivity contribution is 5.99. The van der Waals surface area contributed by atoms with Gasteiger partial charge in [0.15, 0.2) is 0 Å². The number of rotatable bonds is 16. The van der Waals surface area contributed by atoms with E-state index in [1.54, 1.807) is 7.05 Å². The van der Waals surface area contributed by atoms with Crippen LogP contribution in [-0.4, -0.2) is 92.2 Å². The summed E-state index contributed by atoms with van der Waals surface area (Å²) in [6.07, 6.45) is -1.14. The van der Waals surface area contributed by atoms with Crippen molar-refractivity contribution in [3.8, 4) is 0 Å². The Kier molecular flexibility index (Phi) is 36.8. The van der Waals surface area contributed by atoms with E-state index in [-0.39, 0.29) is 44.6 Å². The van der Waals surface area contributed by atoms with Crippen molar-refractivity contribution in [2.45, 2.75) is 116 Å². The van der Waals surface area contributed by atoms with Gasteiger partial charge in [0.25, 0.3) is 0 Å². The van der Waals surface area contributed by atoms with Crippen LogP contribution >= 0.6 is 0 Å². The van der Waals surface area contributed by atoms with E-state index in [1.807, 2.05) is 0 Å². The Morgan fingerprint density at radius 3 is 0.977 bits per heavy atom. The number of hydrogen-bond acceptors (Lipinski definition) is 13. The fraction of sp³-hybridized carbons (Fsp3) is 0.714. The van der Waals surface area contributed by atoms with E-state index in [1.165, 1.54) is 34.6 Å². The Balaban J connectivity index is -0.000000456. The summed E-state index contributed by atoms with van der Waals surface area (Å²) in [6.45, 7) is 5.12. The molecule has 4 atom stereocenters. The standard InChI is InChI=1S/C22H34N4O12.6CH4/c1-11(27)7-16(28)24-13(3)20(32)37-10-38-22(34)15(5)26-18(30)8-17(29)25-14(4)21(33)36-9-35-19(31)12(2)23-6;;;;;;/h12-15,23H,7-10H2,1-6H3,(H,24,28)(H,25,29)(H,26,30);6*1H4. The smallest absolute Gasteiger partial charge is 0.331 e. The Morgan fingerprint density at radius 1 is 0.477 bits per heavy atom. The second kappa shape index (κ2) is 29.0. The molecule has 0 aliphatic heterocycles. The molecule has 0 radical (unpaired) electrons. The van der Waals surface area contributed by atoms with Gasteiger partial charge in [0.1, 0.15) is 36.4 Å². The summed E-state index contributed by atoms with van der Waals surface area (Å²) >= 11 is 0. The molecule has 4 unspecified atom stereocenters. The van der Waals surface area contributed by atoms with Gasteiger partial charge >= 0.3 is 23.9 Å². The summed E-state index contributed by atoms with van der Waals surface area (Å²) in [7, 11) is 1.54. The van der Waals surface area contributed by atoms with Crippen LogP contribution in [-0.2, 0) is 57.3 Å². The summed E-state index contributed by atoms with van der Waals surface area (Å²) in [5.74, 6) is -6.28. The molecule has 16 heteroatoms. The van der Waals surface area contributed by atoms with Gasteiger partial charge in [0, 0.05) is 0 Å². The lowest BCUT2D eigenvalue weighted by Crippen LogP contribution is -2.45. The minimum absolute atomic E-state index is 0. The first-order chi connectivity index (χ1) is 17.7. The summed E-state index contributed by atoms with van der Waals surface area (Å²) in [5.41, 5.74) is 0. The second-order valence-electron chi connectivity index (χ2n) is 8.02. The van der Waals surface area contributed by atoms with Crippen LogP contribution in [0.15, 0.2) is 0 Å². The lowest BCUT2D eigenvalue weighted by molar-refractivity contribution is -0.171. The number of amides is 3. The molecule has 0 rings (SSSR count). The normalized spacial score (nSPS) is 11.6. The van der Waals surface area contributed by atoms with E-state index >= 15 is 0 Å². The Morgan fingerprint density at radius 2 is 0.727 bits per heavy atom. The monoisotopic (exact) mass is 642 g/mol. The van der Waals surface area contributed by atoms with E-state index in [0.717, 1.165) is 0 Å². The van der Waals surface area contributed by atoms with Crippen LogP contribution in [0.1, 0.15) is 92.0 Å². The van der Waals surface area contributed by atoms with Gasteiger partial charge in [0.05, 0.1) is 6.42 Å². The number of ketones is 1. The molecule has 4 N–H and O–H groups in total. The zero-order chi connectivity index (χ0) is 29.4. The average molecular weight is 643 g/mol. The third kappa shape index (κ3) is 24.5. The molecular weight excluding hydrogens is 584 g/mol. The predicted molar refractivity (Wildman–Crippen MR) is 166 cm³/mol. The van der Waals surface area contributed by atoms with Crippen LogP contribution in [0, 0.1) is 0 Å². The van der Waals surface area contributed by atoms with Gasteiger partial charge in [0.2, 0.25) is 31.3 Å². The van der Waals surface area contributed by atoms with Crippen molar-refractivity contribution in [3.63, 3.8) is 0 Å². The zero-order valence-electron chi connectivity index (χ0n) is 22.0. The molecule has 0 aromatic rings. The van der Waals surface area contributed by atoms with Crippen LogP contribution in [0.4, 0.5) is 0 Å². The molecule has 0 aliphatic carbocycles. The Hall–Kier alpha value is -4.08. The third-order valence-electron chi connectivity index (χ3n) is 4.52. The molecular formula is C28H58N4O12. The highest BCUT2D eigenvalue weighted by Crippen LogP contribution is 1.96. The SMILES string of the molecule is C.C.C.C.C.C.CNC(C)C(=O)OCOC(=O)C(C)NC(=O)CC(=O)NC(C)C(=O)OCOC(=O)C(C)NC(=O)CC(C)=O. The Bertz CT molecular complexity index is 911. The van der Waals surface area contributed by atoms with Gasteiger partial charge < -0.3 is 40.2 Å². The summed E-state index contributed by atoms with van der Waals surface area (Å²) < 4.78 is 18.8.